The fourth-order valence-corrected chi connectivity index (χ4v) is 24.8. The summed E-state index contributed by atoms with van der Waals surface area (Å²) in [7, 11) is 10.2. The smallest absolute Gasteiger partial charge is 0.0967 e. The van der Waals surface area contributed by atoms with E-state index in [9.17, 15) is 0 Å². The summed E-state index contributed by atoms with van der Waals surface area (Å²) < 4.78 is 43.5. The van der Waals surface area contributed by atoms with Crippen molar-refractivity contribution in [2.45, 2.75) is 111 Å². The lowest BCUT2D eigenvalue weighted by atomic mass is 9.86. The molecule has 0 radical (unpaired) electrons. The molecule has 2 N–H and O–H groups in total. The third-order valence-corrected chi connectivity index (χ3v) is 31.5. The predicted octanol–water partition coefficient (Wildman–Crippen LogP) is 24.5. The van der Waals surface area contributed by atoms with Crippen LogP contribution in [0.4, 0.5) is 0 Å². The van der Waals surface area contributed by atoms with Gasteiger partial charge in [0.15, 0.2) is 0 Å². The highest BCUT2D eigenvalue weighted by Crippen LogP contribution is 2.50. The lowest BCUT2D eigenvalue weighted by molar-refractivity contribution is 0.0552. The molecule has 0 amide bonds. The van der Waals surface area contributed by atoms with Gasteiger partial charge in [0.25, 0.3) is 0 Å². The molecular formula is C120H119N23O4. The van der Waals surface area contributed by atoms with Gasteiger partial charge in [0.2, 0.25) is 0 Å². The van der Waals surface area contributed by atoms with Crippen molar-refractivity contribution in [3.8, 4) is 45.0 Å². The molecule has 4 saturated heterocycles. The van der Waals surface area contributed by atoms with Crippen LogP contribution in [0.3, 0.4) is 0 Å². The van der Waals surface area contributed by atoms with Gasteiger partial charge in [0, 0.05) is 184 Å². The minimum absolute atomic E-state index is 0. The summed E-state index contributed by atoms with van der Waals surface area (Å²) >= 11 is 0. The van der Waals surface area contributed by atoms with Crippen LogP contribution >= 0.6 is 0 Å². The van der Waals surface area contributed by atoms with Gasteiger partial charge in [0.1, 0.15) is 0 Å². The third kappa shape index (κ3) is 16.5. The van der Waals surface area contributed by atoms with E-state index in [1.165, 1.54) is 55.1 Å². The second kappa shape index (κ2) is 39.2. The fraction of sp³-hybridized carbons (Fsp3) is 0.283. The monoisotopic (exact) mass is 1950 g/mol. The second-order valence-corrected chi connectivity index (χ2v) is 40.0. The van der Waals surface area contributed by atoms with Gasteiger partial charge in [-0.1, -0.05) is 135 Å². The summed E-state index contributed by atoms with van der Waals surface area (Å²) in [6.07, 6.45) is 31.4. The number of aromatic nitrogens is 23. The van der Waals surface area contributed by atoms with E-state index >= 15 is 0 Å². The Morgan fingerprint density at radius 3 is 0.871 bits per heavy atom. The number of hydrogen-bond donors (Lipinski definition) is 2. The Balaban J connectivity index is 0.000000105. The summed E-state index contributed by atoms with van der Waals surface area (Å²) in [6, 6.07) is 75.3. The molecule has 738 valence electrons. The van der Waals surface area contributed by atoms with E-state index in [2.05, 4.69) is 315 Å². The first-order chi connectivity index (χ1) is 71.7. The summed E-state index contributed by atoms with van der Waals surface area (Å²) in [5.41, 5.74) is 35.5. The number of imidazole rings is 4. The number of hydrogen-bond acceptors (Lipinski definition) is 16. The highest BCUT2D eigenvalue weighted by molar-refractivity contribution is 6.23. The molecule has 0 bridgehead atoms. The van der Waals surface area contributed by atoms with Crippen molar-refractivity contribution in [2.24, 2.45) is 58.9 Å². The quantitative estimate of drug-likeness (QED) is 0.0910. The second-order valence-electron chi connectivity index (χ2n) is 40.0. The molecule has 28 rings (SSSR count). The number of aryl methyl sites for hydroxylation is 9. The normalized spacial score (nSPS) is 15.7. The average molecular weight is 1950 g/mol. The van der Waals surface area contributed by atoms with Gasteiger partial charge in [-0.05, 0) is 204 Å². The first-order valence-electron chi connectivity index (χ1n) is 51.1. The molecule has 0 spiro atoms. The average Bonchev–Trinajstić information content (AvgIpc) is 1.57. The Hall–Kier alpha value is -15.9. The molecule has 27 heteroatoms. The topological polar surface area (TPSA) is 268 Å². The van der Waals surface area contributed by atoms with Crippen LogP contribution in [-0.4, -0.2) is 164 Å². The lowest BCUT2D eigenvalue weighted by Crippen LogP contribution is -2.26. The van der Waals surface area contributed by atoms with Crippen LogP contribution in [0.25, 0.3) is 176 Å². The van der Waals surface area contributed by atoms with Crippen LogP contribution in [0.5, 0.6) is 0 Å². The molecule has 24 aromatic rings. The zero-order chi connectivity index (χ0) is 98.5. The summed E-state index contributed by atoms with van der Waals surface area (Å²) in [4.78, 5) is 43.2. The third-order valence-electron chi connectivity index (χ3n) is 31.5. The number of nitrogens with zero attached hydrogens (tertiary/aromatic N) is 21. The zero-order valence-corrected chi connectivity index (χ0v) is 83.5. The molecule has 0 aliphatic carbocycles. The van der Waals surface area contributed by atoms with Gasteiger partial charge in [-0.15, -0.1) is 0 Å². The van der Waals surface area contributed by atoms with Crippen LogP contribution in [0.15, 0.2) is 281 Å². The molecule has 0 saturated carbocycles. The molecule has 16 aromatic heterocycles. The maximum atomic E-state index is 5.79. The number of benzene rings is 8. The molecule has 4 atom stereocenters. The molecule has 147 heavy (non-hydrogen) atoms. The highest BCUT2D eigenvalue weighted by atomic mass is 16.5. The van der Waals surface area contributed by atoms with Crippen molar-refractivity contribution in [1.82, 2.24) is 112 Å². The van der Waals surface area contributed by atoms with Crippen molar-refractivity contribution in [2.75, 3.05) is 52.9 Å². The van der Waals surface area contributed by atoms with Crippen LogP contribution < -0.4 is 0 Å². The Bertz CT molecular complexity index is 8640. The van der Waals surface area contributed by atoms with Crippen LogP contribution in [0.2, 0.25) is 0 Å². The molecule has 4 aliphatic heterocycles. The largest absolute Gasteiger partial charge is 0.381 e. The Kier molecular flexibility index (Phi) is 24.9. The van der Waals surface area contributed by atoms with Crippen molar-refractivity contribution < 1.29 is 18.9 Å². The van der Waals surface area contributed by atoms with Crippen LogP contribution in [0, 0.1) is 51.4 Å². The van der Waals surface area contributed by atoms with Crippen molar-refractivity contribution >= 4 is 131 Å². The Morgan fingerprint density at radius 2 is 0.565 bits per heavy atom. The van der Waals surface area contributed by atoms with Crippen LogP contribution in [0.1, 0.15) is 128 Å². The van der Waals surface area contributed by atoms with Gasteiger partial charge < -0.3 is 55.5 Å². The number of pyridine rings is 5. The standard InChI is InChI=1S/C31H29N5O.C30H30N6O.2C29H28N6O.CH4/c1-20-30(35(2)19-34-20)23-17-27-29(33-18-23)28-24-9-6-14-32-25(24)10-11-26(28)36(27)31(21-7-4-3-5-8-21)22-12-15-37-16-13-22;1-19-29(34(2)18-32-19)22-15-26-28(31-16-22)27-23-17-33-35(3)24(23)9-10-25(27)36(26)30(20-7-5-4-6-8-20)21-11-13-37-14-12-21;2*1-18-28(34(2)17-31-18)21-14-25-27(30-15-21)26-22-16-32-33-23(22)8-9-24(26)35(25)29(19-6-4-3-5-7-19)20-10-12-36-13-11-20;/h3-11,14,17-19,22,31H,12-13,15-16H2,1-2H3;4-10,15-18,21,30H,11-14H2,1-3H3;2*3-9,14-17,20,29H,10-13H2,1-2H3,(H,32,33);1H4/t31-;30-;2*29-;/m1111./s1. The van der Waals surface area contributed by atoms with Crippen molar-refractivity contribution in [3.63, 3.8) is 0 Å². The number of H-pyrrole nitrogens is 2. The van der Waals surface area contributed by atoms with Gasteiger partial charge in [-0.2, -0.15) is 15.3 Å². The Morgan fingerprint density at radius 1 is 0.279 bits per heavy atom. The van der Waals surface area contributed by atoms with Crippen LogP contribution in [-0.2, 0) is 54.2 Å². The van der Waals surface area contributed by atoms with E-state index in [1.807, 2.05) is 121 Å². The summed E-state index contributed by atoms with van der Waals surface area (Å²) in [6.45, 7) is 14.6. The minimum atomic E-state index is 0. The van der Waals surface area contributed by atoms with Crippen molar-refractivity contribution in [1.29, 1.82) is 0 Å². The number of aromatic amines is 2. The van der Waals surface area contributed by atoms with Gasteiger partial charge in [-0.25, -0.2) is 19.9 Å². The van der Waals surface area contributed by atoms with E-state index in [-0.39, 0.29) is 31.6 Å². The molecule has 27 nitrogen and oxygen atoms in total. The first-order valence-corrected chi connectivity index (χ1v) is 51.1. The number of ether oxygens (including phenoxy) is 4. The van der Waals surface area contributed by atoms with E-state index in [1.54, 1.807) is 0 Å². The number of fused-ring (bicyclic) bond motifs is 20. The summed E-state index contributed by atoms with van der Waals surface area (Å²) in [5, 5.41) is 28.7. The molecule has 8 aromatic carbocycles. The zero-order valence-electron chi connectivity index (χ0n) is 83.5. The van der Waals surface area contributed by atoms with E-state index in [0.29, 0.717) is 23.7 Å². The van der Waals surface area contributed by atoms with Crippen molar-refractivity contribution in [3.05, 3.63) is 326 Å². The molecule has 4 aliphatic rings. The maximum absolute atomic E-state index is 5.79. The van der Waals surface area contributed by atoms with Gasteiger partial charge >= 0.3 is 0 Å². The van der Waals surface area contributed by atoms with E-state index in [4.69, 9.17) is 38.9 Å². The molecule has 0 unspecified atom stereocenters. The van der Waals surface area contributed by atoms with E-state index in [0.717, 1.165) is 271 Å². The summed E-state index contributed by atoms with van der Waals surface area (Å²) in [5.74, 6) is 1.84. The lowest BCUT2D eigenvalue weighted by Gasteiger charge is -2.33. The van der Waals surface area contributed by atoms with Gasteiger partial charge in [-0.3, -0.25) is 39.8 Å². The first kappa shape index (κ1) is 93.4. The number of rotatable bonds is 16. The SMILES string of the molecule is C.Cc1ncn(C)c1-c1cnc2c3c4cccnc4ccc3n([C@H](c3ccccc3)C3CCOCC3)c2c1.Cc1ncn(C)c1-c1cnc2c3c4cn[nH]c4ccc3n([C@H](c3ccccc3)C3CCOCC3)c2c1.Cc1ncn(C)c1-c1cnc2c3c4cn[nH]c4ccc3n([C@H](c3ccccc3)C3CCOCC3)c2c1.Cc1ncn(C)c1-c1cnc2c3c4cnn(C)c4ccc3n([C@H](c3ccccc3)C3CCOCC3)c2c1. The highest BCUT2D eigenvalue weighted by Gasteiger charge is 2.38. The predicted molar refractivity (Wildman–Crippen MR) is 585 cm³/mol. The molecule has 20 heterocycles. The van der Waals surface area contributed by atoms with Gasteiger partial charge in [0.05, 0.1) is 202 Å². The maximum Gasteiger partial charge on any atom is 0.0967 e. The molecule has 4 fully saturated rings. The Labute approximate surface area is 850 Å². The number of nitrogens with one attached hydrogen (secondary N) is 2. The minimum Gasteiger partial charge on any atom is -0.381 e. The van der Waals surface area contributed by atoms with E-state index < -0.39 is 0 Å². The fourth-order valence-electron chi connectivity index (χ4n) is 24.8. The molecular weight excluding hydrogens is 1830 g/mol.